The number of hydrogen-bond acceptors (Lipinski definition) is 3. The van der Waals surface area contributed by atoms with Crippen molar-refractivity contribution < 1.29 is 51.9 Å². The lowest BCUT2D eigenvalue weighted by Crippen LogP contribution is -2.67. The van der Waals surface area contributed by atoms with Gasteiger partial charge in [-0.05, 0) is 43.0 Å². The Hall–Kier alpha value is 0.208. The van der Waals surface area contributed by atoms with E-state index in [1.807, 2.05) is 30.3 Å². The molecule has 0 amide bonds. The second kappa shape index (κ2) is 12.8. The van der Waals surface area contributed by atoms with Gasteiger partial charge in [-0.15, -0.1) is 33.2 Å². The van der Waals surface area contributed by atoms with Gasteiger partial charge in [0.05, 0.1) is 0 Å². The quantitative estimate of drug-likeness (QED) is 0.164. The molecule has 1 aliphatic heterocycles. The summed E-state index contributed by atoms with van der Waals surface area (Å²) in [4.78, 5) is 0. The highest BCUT2D eigenvalue weighted by Gasteiger charge is 2.58. The molecule has 0 unspecified atom stereocenters. The van der Waals surface area contributed by atoms with Crippen molar-refractivity contribution in [1.82, 2.24) is 0 Å². The summed E-state index contributed by atoms with van der Waals surface area (Å²) in [7, 11) is -11.0. The molecule has 19 heteroatoms. The van der Waals surface area contributed by atoms with E-state index in [9.17, 15) is 39.5 Å². The van der Waals surface area contributed by atoms with Gasteiger partial charge >= 0.3 is 50.2 Å². The zero-order valence-corrected chi connectivity index (χ0v) is 26.2. The first-order valence-electron chi connectivity index (χ1n) is 10.8. The van der Waals surface area contributed by atoms with Crippen molar-refractivity contribution in [3.8, 4) is 0 Å². The van der Waals surface area contributed by atoms with Crippen molar-refractivity contribution in [2.45, 2.75) is 75.6 Å². The smallest absolute Gasteiger partial charge is 0.389 e. The minimum atomic E-state index is -4.55. The van der Waals surface area contributed by atoms with Gasteiger partial charge in [0, 0.05) is 19.3 Å². The topological polar surface area (TPSA) is 27.7 Å². The summed E-state index contributed by atoms with van der Waals surface area (Å²) in [6.45, 7) is 3.75. The van der Waals surface area contributed by atoms with Crippen molar-refractivity contribution >= 4 is 70.1 Å². The van der Waals surface area contributed by atoms with Crippen LogP contribution in [0.2, 0.25) is 37.8 Å². The van der Waals surface area contributed by atoms with Crippen LogP contribution in [0.4, 0.5) is 39.5 Å². The number of alkyl halides is 9. The maximum Gasteiger partial charge on any atom is 0.389 e. The summed E-state index contributed by atoms with van der Waals surface area (Å²) in [5.41, 5.74) is 0. The summed E-state index contributed by atoms with van der Waals surface area (Å²) in [6, 6.07) is 4.85. The van der Waals surface area contributed by atoms with E-state index in [4.69, 9.17) is 45.6 Å². The van der Waals surface area contributed by atoms with Crippen LogP contribution in [0.3, 0.4) is 0 Å². The van der Waals surface area contributed by atoms with Gasteiger partial charge in [-0.2, -0.15) is 39.5 Å². The third-order valence-electron chi connectivity index (χ3n) is 4.98. The number of benzene rings is 1. The second-order valence-electron chi connectivity index (χ2n) is 8.92. The second-order valence-corrected chi connectivity index (χ2v) is 28.1. The standard InChI is InChI=1S/C12H21F9O3Si3.C6H5Cl3Si/c1-25(7-4-10(13,14)15)22-26(2,8-5-11(16,17)18)24-27(3,23-25)9-6-12(19,20)21;7-10(8,9)6-4-2-1-3-5-6/h4-9H2,1-3H3;1-5H. The lowest BCUT2D eigenvalue weighted by Gasteiger charge is -2.50. The van der Waals surface area contributed by atoms with Crippen LogP contribution >= 0.6 is 33.2 Å². The molecule has 1 aromatic carbocycles. The molecular formula is C18H26Cl3F9O3Si4. The zero-order chi connectivity index (χ0) is 29.0. The normalized spacial score (nSPS) is 27.4. The molecule has 216 valence electrons. The van der Waals surface area contributed by atoms with E-state index in [1.165, 1.54) is 19.6 Å². The molecule has 1 aromatic rings. The molecule has 0 aromatic heterocycles. The molecular weight excluding hydrogens is 654 g/mol. The van der Waals surface area contributed by atoms with Gasteiger partial charge in [0.1, 0.15) is 0 Å². The van der Waals surface area contributed by atoms with E-state index >= 15 is 0 Å². The number of halogens is 12. The van der Waals surface area contributed by atoms with Crippen LogP contribution in [0.15, 0.2) is 30.3 Å². The Morgan fingerprint density at radius 3 is 1.05 bits per heavy atom. The predicted octanol–water partition coefficient (Wildman–Crippen LogP) is 8.67. The van der Waals surface area contributed by atoms with Crippen LogP contribution < -0.4 is 5.19 Å². The zero-order valence-electron chi connectivity index (χ0n) is 19.9. The van der Waals surface area contributed by atoms with Gasteiger partial charge < -0.3 is 12.3 Å². The van der Waals surface area contributed by atoms with Gasteiger partial charge in [-0.1, -0.05) is 30.3 Å². The van der Waals surface area contributed by atoms with E-state index in [0.717, 1.165) is 5.19 Å². The maximum absolute atomic E-state index is 12.6. The average Bonchev–Trinajstić information content (AvgIpc) is 2.68. The summed E-state index contributed by atoms with van der Waals surface area (Å²) >= 11 is 17.2. The van der Waals surface area contributed by atoms with Crippen LogP contribution in [0.5, 0.6) is 0 Å². The molecule has 1 fully saturated rings. The molecule has 1 heterocycles. The Morgan fingerprint density at radius 1 is 0.595 bits per heavy atom. The van der Waals surface area contributed by atoms with Crippen LogP contribution in [0.25, 0.3) is 0 Å². The first-order chi connectivity index (χ1) is 16.3. The van der Waals surface area contributed by atoms with Crippen molar-refractivity contribution in [3.63, 3.8) is 0 Å². The maximum atomic E-state index is 12.6. The Kier molecular flexibility index (Phi) is 12.2. The molecule has 0 spiro atoms. The molecule has 0 N–H and O–H groups in total. The summed E-state index contributed by atoms with van der Waals surface area (Å²) in [5, 5.41) is 0.833. The predicted molar refractivity (Wildman–Crippen MR) is 134 cm³/mol. The van der Waals surface area contributed by atoms with Gasteiger partial charge in [0.15, 0.2) is 0 Å². The van der Waals surface area contributed by atoms with Crippen molar-refractivity contribution in [2.24, 2.45) is 0 Å². The van der Waals surface area contributed by atoms with E-state index in [2.05, 4.69) is 0 Å². The third kappa shape index (κ3) is 15.0. The lowest BCUT2D eigenvalue weighted by atomic mass is 10.4. The first kappa shape index (κ1) is 35.2. The third-order valence-corrected chi connectivity index (χ3v) is 21.8. The molecule has 1 saturated heterocycles. The van der Waals surface area contributed by atoms with E-state index in [0.29, 0.717) is 0 Å². The van der Waals surface area contributed by atoms with Crippen LogP contribution in [0.1, 0.15) is 19.3 Å². The Bertz CT molecular complexity index is 776. The summed E-state index contributed by atoms with van der Waals surface area (Å²) in [5.74, 6) is 0. The van der Waals surface area contributed by atoms with E-state index < -0.39 is 87.6 Å². The molecule has 0 atom stereocenters. The van der Waals surface area contributed by atoms with Crippen molar-refractivity contribution in [3.05, 3.63) is 30.3 Å². The Labute approximate surface area is 227 Å². The highest BCUT2D eigenvalue weighted by Crippen LogP contribution is 2.42. The van der Waals surface area contributed by atoms with Gasteiger partial charge in [0.25, 0.3) is 0 Å². The fraction of sp³-hybridized carbons (Fsp3) is 0.667. The van der Waals surface area contributed by atoms with E-state index in [-0.39, 0.29) is 0 Å². The molecule has 3 nitrogen and oxygen atoms in total. The monoisotopic (exact) mass is 678 g/mol. The molecule has 0 saturated carbocycles. The fourth-order valence-corrected chi connectivity index (χ4v) is 22.4. The van der Waals surface area contributed by atoms with Gasteiger partial charge in [-0.25, -0.2) is 0 Å². The van der Waals surface area contributed by atoms with Crippen LogP contribution in [-0.4, -0.2) is 50.2 Å². The summed E-state index contributed by atoms with van der Waals surface area (Å²) in [6.07, 6.45) is -17.5. The van der Waals surface area contributed by atoms with Crippen molar-refractivity contribution in [1.29, 1.82) is 0 Å². The Balaban J connectivity index is 0.000000568. The average molecular weight is 680 g/mol. The molecule has 1 aliphatic rings. The van der Waals surface area contributed by atoms with Crippen LogP contribution in [-0.2, 0) is 12.3 Å². The highest BCUT2D eigenvalue weighted by atomic mass is 35.8. The minimum Gasteiger partial charge on any atom is -0.416 e. The molecule has 37 heavy (non-hydrogen) atoms. The van der Waals surface area contributed by atoms with Crippen molar-refractivity contribution in [2.75, 3.05) is 0 Å². The fourth-order valence-electron chi connectivity index (χ4n) is 3.47. The molecule has 2 rings (SSSR count). The number of rotatable bonds is 7. The molecule has 0 aliphatic carbocycles. The number of hydrogen-bond donors (Lipinski definition) is 0. The molecule has 0 bridgehead atoms. The van der Waals surface area contributed by atoms with Gasteiger partial charge in [-0.3, -0.25) is 0 Å². The molecule has 0 radical (unpaired) electrons. The highest BCUT2D eigenvalue weighted by molar-refractivity contribution is 7.69. The van der Waals surface area contributed by atoms with Crippen LogP contribution in [0, 0.1) is 0 Å². The largest absolute Gasteiger partial charge is 0.416 e. The summed E-state index contributed by atoms with van der Waals surface area (Å²) < 4.78 is 130. The first-order valence-corrected chi connectivity index (χ1v) is 23.4. The SMILES string of the molecule is C[Si]1(CCC(F)(F)F)O[Si](C)(CCC(F)(F)F)O[Si](C)(CCC(F)(F)F)O1.Cl[Si](Cl)(Cl)c1ccccc1. The minimum absolute atomic E-state index is 0.608. The van der Waals surface area contributed by atoms with E-state index in [1.54, 1.807) is 0 Å². The van der Waals surface area contributed by atoms with Gasteiger partial charge in [0.2, 0.25) is 0 Å². The lowest BCUT2D eigenvalue weighted by molar-refractivity contribution is -0.131. The Morgan fingerprint density at radius 2 is 0.865 bits per heavy atom.